The van der Waals surface area contributed by atoms with Crippen LogP contribution in [0.15, 0.2) is 29.2 Å². The van der Waals surface area contributed by atoms with Crippen LogP contribution in [-0.2, 0) is 0 Å². The zero-order valence-electron chi connectivity index (χ0n) is 9.44. The van der Waals surface area contributed by atoms with Crippen LogP contribution >= 0.6 is 12.6 Å². The normalized spacial score (nSPS) is 15.6. The Labute approximate surface area is 108 Å². The Kier molecular flexibility index (Phi) is 3.56. The lowest BCUT2D eigenvalue weighted by Gasteiger charge is -2.23. The molecule has 1 saturated carbocycles. The lowest BCUT2D eigenvalue weighted by molar-refractivity contribution is -0.141. The maximum atomic E-state index is 12.4. The van der Waals surface area contributed by atoms with Crippen LogP contribution in [0.25, 0.3) is 0 Å². The molecule has 0 aliphatic heterocycles. The van der Waals surface area contributed by atoms with Gasteiger partial charge in [0.25, 0.3) is 5.91 Å². The highest BCUT2D eigenvalue weighted by Gasteiger charge is 2.40. The van der Waals surface area contributed by atoms with Gasteiger partial charge in [-0.3, -0.25) is 4.79 Å². The molecular formula is C12H12F3NOS. The lowest BCUT2D eigenvalue weighted by atomic mass is 10.2. The molecule has 6 heteroatoms. The molecule has 1 aliphatic rings. The summed E-state index contributed by atoms with van der Waals surface area (Å²) in [6.07, 6.45) is -3.08. The van der Waals surface area contributed by atoms with Crippen LogP contribution < -0.4 is 0 Å². The molecule has 2 nitrogen and oxygen atoms in total. The first-order valence-corrected chi connectivity index (χ1v) is 5.98. The van der Waals surface area contributed by atoms with Crippen molar-refractivity contribution >= 4 is 18.5 Å². The number of carbonyl (C=O) groups excluding carboxylic acids is 1. The largest absolute Gasteiger partial charge is 0.406 e. The van der Waals surface area contributed by atoms with Gasteiger partial charge in [0, 0.05) is 16.5 Å². The van der Waals surface area contributed by atoms with E-state index in [9.17, 15) is 18.0 Å². The summed E-state index contributed by atoms with van der Waals surface area (Å²) in [7, 11) is 0. The van der Waals surface area contributed by atoms with Gasteiger partial charge >= 0.3 is 6.18 Å². The number of rotatable bonds is 3. The molecule has 0 N–H and O–H groups in total. The third kappa shape index (κ3) is 3.41. The van der Waals surface area contributed by atoms with E-state index in [0.717, 1.165) is 4.90 Å². The first kappa shape index (κ1) is 13.3. The van der Waals surface area contributed by atoms with E-state index in [-0.39, 0.29) is 11.6 Å². The summed E-state index contributed by atoms with van der Waals surface area (Å²) in [5.74, 6) is -0.578. The van der Waals surface area contributed by atoms with Gasteiger partial charge in [-0.2, -0.15) is 13.2 Å². The van der Waals surface area contributed by atoms with Gasteiger partial charge in [0.05, 0.1) is 0 Å². The molecule has 0 atom stereocenters. The molecule has 0 aromatic heterocycles. The highest BCUT2D eigenvalue weighted by atomic mass is 32.1. The van der Waals surface area contributed by atoms with Gasteiger partial charge in [-0.25, -0.2) is 0 Å². The molecule has 1 aliphatic carbocycles. The fraction of sp³-hybridized carbons (Fsp3) is 0.417. The summed E-state index contributed by atoms with van der Waals surface area (Å²) in [6.45, 7) is -1.19. The molecule has 0 radical (unpaired) electrons. The third-order valence-corrected chi connectivity index (χ3v) is 2.97. The molecule has 0 unspecified atom stereocenters. The van der Waals surface area contributed by atoms with E-state index < -0.39 is 18.6 Å². The Bertz CT molecular complexity index is 457. The van der Waals surface area contributed by atoms with Crippen LogP contribution in [0, 0.1) is 0 Å². The summed E-state index contributed by atoms with van der Waals surface area (Å²) in [4.78, 5) is 13.5. The summed E-state index contributed by atoms with van der Waals surface area (Å²) in [6, 6.07) is 5.99. The first-order valence-electron chi connectivity index (χ1n) is 5.53. The molecule has 18 heavy (non-hydrogen) atoms. The van der Waals surface area contributed by atoms with Crippen LogP contribution in [0.3, 0.4) is 0 Å². The Morgan fingerprint density at radius 2 is 2.06 bits per heavy atom. The van der Waals surface area contributed by atoms with Crippen molar-refractivity contribution in [3.8, 4) is 0 Å². The molecule has 1 amide bonds. The van der Waals surface area contributed by atoms with E-state index in [2.05, 4.69) is 12.6 Å². The fourth-order valence-electron chi connectivity index (χ4n) is 1.75. The van der Waals surface area contributed by atoms with Crippen molar-refractivity contribution in [1.29, 1.82) is 0 Å². The van der Waals surface area contributed by atoms with Gasteiger partial charge in [0.15, 0.2) is 0 Å². The van der Waals surface area contributed by atoms with E-state index in [1.807, 2.05) is 0 Å². The molecular weight excluding hydrogens is 263 g/mol. The van der Waals surface area contributed by atoms with E-state index in [1.165, 1.54) is 12.1 Å². The average Bonchev–Trinajstić information content (AvgIpc) is 3.07. The van der Waals surface area contributed by atoms with Gasteiger partial charge in [0.2, 0.25) is 0 Å². The van der Waals surface area contributed by atoms with E-state index in [0.29, 0.717) is 17.7 Å². The maximum Gasteiger partial charge on any atom is 0.406 e. The van der Waals surface area contributed by atoms with Crippen molar-refractivity contribution in [3.63, 3.8) is 0 Å². The van der Waals surface area contributed by atoms with Crippen molar-refractivity contribution < 1.29 is 18.0 Å². The quantitative estimate of drug-likeness (QED) is 0.840. The summed E-state index contributed by atoms with van der Waals surface area (Å²) in [5.41, 5.74) is 0.249. The van der Waals surface area contributed by atoms with E-state index in [1.54, 1.807) is 12.1 Å². The van der Waals surface area contributed by atoms with Crippen LogP contribution in [0.2, 0.25) is 0 Å². The monoisotopic (exact) mass is 275 g/mol. The molecule has 0 bridgehead atoms. The highest BCUT2D eigenvalue weighted by molar-refractivity contribution is 7.80. The number of alkyl halides is 3. The van der Waals surface area contributed by atoms with E-state index in [4.69, 9.17) is 0 Å². The second kappa shape index (κ2) is 4.84. The van der Waals surface area contributed by atoms with Crippen molar-refractivity contribution in [2.24, 2.45) is 0 Å². The summed E-state index contributed by atoms with van der Waals surface area (Å²) >= 11 is 4.08. The Hall–Kier alpha value is -1.17. The lowest BCUT2D eigenvalue weighted by Crippen LogP contribution is -2.40. The molecule has 2 rings (SSSR count). The van der Waals surface area contributed by atoms with Crippen LogP contribution in [0.4, 0.5) is 13.2 Å². The molecule has 0 heterocycles. The van der Waals surface area contributed by atoms with Gasteiger partial charge in [-0.15, -0.1) is 12.6 Å². The Morgan fingerprint density at radius 1 is 1.39 bits per heavy atom. The van der Waals surface area contributed by atoms with Gasteiger partial charge in [-0.05, 0) is 31.0 Å². The molecule has 1 aromatic rings. The van der Waals surface area contributed by atoms with Gasteiger partial charge in [0.1, 0.15) is 6.54 Å². The number of benzene rings is 1. The fourth-order valence-corrected chi connectivity index (χ4v) is 1.98. The SMILES string of the molecule is O=C(c1cccc(S)c1)N(CC(F)(F)F)C1CC1. The number of thiol groups is 1. The zero-order valence-corrected chi connectivity index (χ0v) is 10.3. The minimum absolute atomic E-state index is 0.249. The first-order chi connectivity index (χ1) is 8.37. The number of amides is 1. The average molecular weight is 275 g/mol. The summed E-state index contributed by atoms with van der Waals surface area (Å²) < 4.78 is 37.3. The van der Waals surface area contributed by atoms with Gasteiger partial charge < -0.3 is 4.90 Å². The van der Waals surface area contributed by atoms with E-state index >= 15 is 0 Å². The number of halogens is 3. The van der Waals surface area contributed by atoms with Crippen molar-refractivity contribution in [1.82, 2.24) is 4.90 Å². The standard InChI is InChI=1S/C12H12F3NOS/c13-12(14,15)7-16(9-4-5-9)11(17)8-2-1-3-10(18)6-8/h1-3,6,9,18H,4-5,7H2. The van der Waals surface area contributed by atoms with Crippen molar-refractivity contribution in [3.05, 3.63) is 29.8 Å². The Balaban J connectivity index is 2.18. The zero-order chi connectivity index (χ0) is 13.3. The molecule has 0 spiro atoms. The van der Waals surface area contributed by atoms with Crippen LogP contribution in [0.1, 0.15) is 23.2 Å². The molecule has 1 fully saturated rings. The van der Waals surface area contributed by atoms with Gasteiger partial charge in [-0.1, -0.05) is 6.07 Å². The topological polar surface area (TPSA) is 20.3 Å². The van der Waals surface area contributed by atoms with Crippen LogP contribution in [0.5, 0.6) is 0 Å². The minimum Gasteiger partial charge on any atom is -0.327 e. The molecule has 0 saturated heterocycles. The number of hydrogen-bond donors (Lipinski definition) is 1. The van der Waals surface area contributed by atoms with Crippen molar-refractivity contribution in [2.45, 2.75) is 30.0 Å². The predicted molar refractivity (Wildman–Crippen MR) is 63.8 cm³/mol. The number of nitrogens with zero attached hydrogens (tertiary/aromatic N) is 1. The minimum atomic E-state index is -4.36. The second-order valence-corrected chi connectivity index (χ2v) is 4.85. The molecule has 98 valence electrons. The molecule has 1 aromatic carbocycles. The number of hydrogen-bond acceptors (Lipinski definition) is 2. The maximum absolute atomic E-state index is 12.4. The predicted octanol–water partition coefficient (Wildman–Crippen LogP) is 3.14. The third-order valence-electron chi connectivity index (χ3n) is 2.69. The van der Waals surface area contributed by atoms with Crippen molar-refractivity contribution in [2.75, 3.05) is 6.54 Å². The van der Waals surface area contributed by atoms with Crippen LogP contribution in [-0.4, -0.2) is 29.6 Å². The summed E-state index contributed by atoms with van der Waals surface area (Å²) in [5, 5.41) is 0. The second-order valence-electron chi connectivity index (χ2n) is 4.33. The Morgan fingerprint density at radius 3 is 2.56 bits per heavy atom. The highest BCUT2D eigenvalue weighted by Crippen LogP contribution is 2.31. The number of carbonyl (C=O) groups is 1. The smallest absolute Gasteiger partial charge is 0.327 e.